The van der Waals surface area contributed by atoms with E-state index in [9.17, 15) is 13.2 Å². The first-order valence-electron chi connectivity index (χ1n) is 7.39. The van der Waals surface area contributed by atoms with Crippen molar-refractivity contribution in [1.82, 2.24) is 0 Å². The van der Waals surface area contributed by atoms with Gasteiger partial charge in [0.05, 0.1) is 11.4 Å². The first-order chi connectivity index (χ1) is 11.0. The number of benzene rings is 2. The molecule has 0 aliphatic heterocycles. The molecule has 118 valence electrons. The van der Waals surface area contributed by atoms with Gasteiger partial charge in [-0.25, -0.2) is 12.7 Å². The van der Waals surface area contributed by atoms with Crippen molar-refractivity contribution in [2.24, 2.45) is 0 Å². The number of anilines is 1. The molecule has 2 aromatic rings. The van der Waals surface area contributed by atoms with Crippen molar-refractivity contribution in [3.63, 3.8) is 0 Å². The van der Waals surface area contributed by atoms with Crippen LogP contribution in [0.2, 0.25) is 0 Å². The van der Waals surface area contributed by atoms with Gasteiger partial charge in [-0.1, -0.05) is 43.0 Å². The Kier molecular flexibility index (Phi) is 3.82. The lowest BCUT2D eigenvalue weighted by molar-refractivity contribution is -0.113. The number of fused-ring (bicyclic) bond motifs is 3. The van der Waals surface area contributed by atoms with Gasteiger partial charge in [0.25, 0.3) is 5.91 Å². The van der Waals surface area contributed by atoms with Crippen LogP contribution in [0.1, 0.15) is 18.1 Å². The van der Waals surface area contributed by atoms with Gasteiger partial charge < -0.3 is 0 Å². The van der Waals surface area contributed by atoms with Crippen LogP contribution in [0, 0.1) is 0 Å². The molecule has 1 amide bonds. The summed E-state index contributed by atoms with van der Waals surface area (Å²) in [6.07, 6.45) is 1.65. The van der Waals surface area contributed by atoms with Gasteiger partial charge in [-0.3, -0.25) is 4.79 Å². The molecular formula is C18H17NO3S. The minimum absolute atomic E-state index is 0.150. The molecule has 0 aromatic heterocycles. The van der Waals surface area contributed by atoms with Crippen molar-refractivity contribution < 1.29 is 13.2 Å². The minimum Gasteiger partial charge on any atom is -0.268 e. The van der Waals surface area contributed by atoms with Crippen molar-refractivity contribution in [1.29, 1.82) is 0 Å². The van der Waals surface area contributed by atoms with Crippen molar-refractivity contribution >= 4 is 21.6 Å². The third-order valence-electron chi connectivity index (χ3n) is 4.06. The Morgan fingerprint density at radius 1 is 1.17 bits per heavy atom. The Labute approximate surface area is 136 Å². The fourth-order valence-electron chi connectivity index (χ4n) is 2.95. The Morgan fingerprint density at radius 3 is 2.57 bits per heavy atom. The van der Waals surface area contributed by atoms with Crippen LogP contribution < -0.4 is 4.31 Å². The number of hydrogen-bond donors (Lipinski definition) is 0. The SMILES string of the molecule is C=CC(=O)N(c1cccc2c1Cc1ccccc1-2)S(=O)(=O)CC. The lowest BCUT2D eigenvalue weighted by Crippen LogP contribution is -2.37. The van der Waals surface area contributed by atoms with Gasteiger partial charge in [-0.15, -0.1) is 0 Å². The van der Waals surface area contributed by atoms with Crippen LogP contribution in [0.15, 0.2) is 55.1 Å². The third kappa shape index (κ3) is 2.47. The van der Waals surface area contributed by atoms with E-state index < -0.39 is 15.9 Å². The van der Waals surface area contributed by atoms with Crippen LogP contribution in [-0.2, 0) is 21.2 Å². The summed E-state index contributed by atoms with van der Waals surface area (Å²) in [5.74, 6) is -0.778. The lowest BCUT2D eigenvalue weighted by Gasteiger charge is -2.23. The van der Waals surface area contributed by atoms with Gasteiger partial charge in [0.1, 0.15) is 0 Å². The number of amides is 1. The van der Waals surface area contributed by atoms with E-state index in [-0.39, 0.29) is 5.75 Å². The van der Waals surface area contributed by atoms with Crippen molar-refractivity contribution in [2.45, 2.75) is 13.3 Å². The van der Waals surface area contributed by atoms with Crippen LogP contribution in [0.25, 0.3) is 11.1 Å². The molecule has 5 heteroatoms. The van der Waals surface area contributed by atoms with E-state index in [1.807, 2.05) is 30.3 Å². The molecule has 0 fully saturated rings. The molecule has 0 unspecified atom stereocenters. The molecule has 0 atom stereocenters. The molecule has 1 aliphatic rings. The summed E-state index contributed by atoms with van der Waals surface area (Å²) in [7, 11) is -3.72. The smallest absolute Gasteiger partial charge is 0.264 e. The Hall–Kier alpha value is -2.40. The van der Waals surface area contributed by atoms with Crippen LogP contribution in [0.3, 0.4) is 0 Å². The molecule has 0 spiro atoms. The first-order valence-corrected chi connectivity index (χ1v) is 9.00. The van der Waals surface area contributed by atoms with Crippen molar-refractivity contribution in [2.75, 3.05) is 10.1 Å². The highest BCUT2D eigenvalue weighted by molar-refractivity contribution is 7.93. The number of carbonyl (C=O) groups is 1. The molecule has 0 saturated heterocycles. The summed E-state index contributed by atoms with van der Waals surface area (Å²) in [6.45, 7) is 4.96. The highest BCUT2D eigenvalue weighted by atomic mass is 32.2. The van der Waals surface area contributed by atoms with Gasteiger partial charge in [0.15, 0.2) is 0 Å². The van der Waals surface area contributed by atoms with E-state index in [2.05, 4.69) is 6.58 Å². The van der Waals surface area contributed by atoms with E-state index in [1.54, 1.807) is 12.1 Å². The minimum atomic E-state index is -3.72. The van der Waals surface area contributed by atoms with E-state index in [1.165, 1.54) is 6.92 Å². The molecule has 0 saturated carbocycles. The highest BCUT2D eigenvalue weighted by Gasteiger charge is 2.31. The van der Waals surface area contributed by atoms with Crippen molar-refractivity contribution in [3.8, 4) is 11.1 Å². The third-order valence-corrected chi connectivity index (χ3v) is 5.73. The molecule has 1 aliphatic carbocycles. The second kappa shape index (κ2) is 5.66. The van der Waals surface area contributed by atoms with Crippen LogP contribution >= 0.6 is 0 Å². The Morgan fingerprint density at radius 2 is 1.87 bits per heavy atom. The van der Waals surface area contributed by atoms with E-state index in [0.29, 0.717) is 12.1 Å². The van der Waals surface area contributed by atoms with E-state index in [0.717, 1.165) is 32.6 Å². The summed E-state index contributed by atoms with van der Waals surface area (Å²) in [5.41, 5.74) is 4.48. The molecule has 4 nitrogen and oxygen atoms in total. The fraction of sp³-hybridized carbons (Fsp3) is 0.167. The van der Waals surface area contributed by atoms with E-state index >= 15 is 0 Å². The summed E-state index contributed by atoms with van der Waals surface area (Å²) in [4.78, 5) is 12.2. The zero-order chi connectivity index (χ0) is 16.6. The van der Waals surface area contributed by atoms with E-state index in [4.69, 9.17) is 0 Å². The molecule has 0 bridgehead atoms. The monoisotopic (exact) mass is 327 g/mol. The quantitative estimate of drug-likeness (QED) is 0.692. The second-order valence-corrected chi connectivity index (χ2v) is 7.45. The van der Waals surface area contributed by atoms with Gasteiger partial charge >= 0.3 is 0 Å². The number of hydrogen-bond acceptors (Lipinski definition) is 3. The fourth-order valence-corrected chi connectivity index (χ4v) is 4.03. The molecule has 3 rings (SSSR count). The zero-order valence-electron chi connectivity index (χ0n) is 12.8. The van der Waals surface area contributed by atoms with Gasteiger partial charge in [-0.05, 0) is 41.3 Å². The standard InChI is InChI=1S/C18H17NO3S/c1-3-18(20)19(23(21,22)4-2)17-11-7-10-15-14-9-6-5-8-13(14)12-16(15)17/h3,5-11H,1,4,12H2,2H3. The van der Waals surface area contributed by atoms with Crippen molar-refractivity contribution in [3.05, 3.63) is 66.2 Å². The van der Waals surface area contributed by atoms with Crippen LogP contribution in [0.5, 0.6) is 0 Å². The van der Waals surface area contributed by atoms with Gasteiger partial charge in [-0.2, -0.15) is 0 Å². The maximum atomic E-state index is 12.4. The predicted octanol–water partition coefficient (Wildman–Crippen LogP) is 3.13. The molecule has 0 N–H and O–H groups in total. The normalized spacial score (nSPS) is 12.4. The first kappa shape index (κ1) is 15.5. The summed E-state index contributed by atoms with van der Waals surface area (Å²) < 4.78 is 25.7. The average Bonchev–Trinajstić information content (AvgIpc) is 2.94. The maximum Gasteiger partial charge on any atom is 0.264 e. The second-order valence-electron chi connectivity index (χ2n) is 5.34. The number of nitrogens with zero attached hydrogens (tertiary/aromatic N) is 1. The van der Waals surface area contributed by atoms with Crippen LogP contribution in [0.4, 0.5) is 5.69 Å². The average molecular weight is 327 g/mol. The largest absolute Gasteiger partial charge is 0.268 e. The summed E-state index contributed by atoms with van der Waals surface area (Å²) in [6, 6.07) is 13.4. The predicted molar refractivity (Wildman–Crippen MR) is 91.8 cm³/mol. The Balaban J connectivity index is 2.22. The highest BCUT2D eigenvalue weighted by Crippen LogP contribution is 2.41. The maximum absolute atomic E-state index is 12.4. The number of rotatable bonds is 4. The molecule has 2 aromatic carbocycles. The topological polar surface area (TPSA) is 54.5 Å². The molecular weight excluding hydrogens is 310 g/mol. The number of sulfonamides is 1. The van der Waals surface area contributed by atoms with Gasteiger partial charge in [0, 0.05) is 6.42 Å². The summed E-state index contributed by atoms with van der Waals surface area (Å²) in [5, 5.41) is 0. The van der Waals surface area contributed by atoms with Crippen LogP contribution in [-0.4, -0.2) is 20.1 Å². The molecule has 23 heavy (non-hydrogen) atoms. The molecule has 0 radical (unpaired) electrons. The Bertz CT molecular complexity index is 900. The van der Waals surface area contributed by atoms with Gasteiger partial charge in [0.2, 0.25) is 10.0 Å². The zero-order valence-corrected chi connectivity index (χ0v) is 13.6. The molecule has 0 heterocycles. The summed E-state index contributed by atoms with van der Waals surface area (Å²) >= 11 is 0. The lowest BCUT2D eigenvalue weighted by atomic mass is 10.0. The number of carbonyl (C=O) groups excluding carboxylic acids is 1.